The Labute approximate surface area is 154 Å². The smallest absolute Gasteiger partial charge is 0.270 e. The number of hydrogen-bond donors (Lipinski definition) is 3. The second-order valence-corrected chi connectivity index (χ2v) is 7.16. The van der Waals surface area contributed by atoms with E-state index in [-0.39, 0.29) is 24.3 Å². The summed E-state index contributed by atoms with van der Waals surface area (Å²) in [5.74, 6) is -0.990. The molecule has 2 aromatic carbocycles. The minimum Gasteiger partial charge on any atom is -0.382 e. The first-order valence-corrected chi connectivity index (χ1v) is 9.23. The van der Waals surface area contributed by atoms with Crippen LogP contribution in [-0.2, 0) is 10.0 Å². The second-order valence-electron chi connectivity index (χ2n) is 5.63. The normalized spacial score (nSPS) is 11.1. The van der Waals surface area contributed by atoms with Crippen LogP contribution in [-0.4, -0.2) is 32.3 Å². The number of aryl methyl sites for hydroxylation is 1. The van der Waals surface area contributed by atoms with Gasteiger partial charge in [0, 0.05) is 30.8 Å². The lowest BCUT2D eigenvalue weighted by molar-refractivity contribution is -0.385. The Kier molecular flexibility index (Phi) is 6.08. The molecular formula is C16H17FN4O5S. The van der Waals surface area contributed by atoms with Gasteiger partial charge >= 0.3 is 0 Å². The molecule has 0 unspecified atom stereocenters. The number of carbonyl (C=O) groups excluding carboxylic acids is 1. The number of nitro benzene ring substituents is 1. The first-order valence-electron chi connectivity index (χ1n) is 7.69. The molecule has 0 aliphatic heterocycles. The number of nitrogens with one attached hydrogen (secondary N) is 2. The molecule has 1 amide bonds. The van der Waals surface area contributed by atoms with Gasteiger partial charge in [0.05, 0.1) is 10.6 Å². The molecule has 0 heterocycles. The lowest BCUT2D eigenvalue weighted by Crippen LogP contribution is -2.29. The van der Waals surface area contributed by atoms with Crippen molar-refractivity contribution in [2.75, 3.05) is 18.4 Å². The lowest BCUT2D eigenvalue weighted by atomic mass is 10.1. The number of sulfonamides is 1. The Balaban J connectivity index is 2.01. The van der Waals surface area contributed by atoms with Crippen LogP contribution in [0.4, 0.5) is 15.8 Å². The molecule has 0 aliphatic rings. The van der Waals surface area contributed by atoms with E-state index in [1.54, 1.807) is 6.92 Å². The van der Waals surface area contributed by atoms with E-state index in [4.69, 9.17) is 5.14 Å². The summed E-state index contributed by atoms with van der Waals surface area (Å²) in [5.41, 5.74) is 0.221. The van der Waals surface area contributed by atoms with E-state index < -0.39 is 37.3 Å². The van der Waals surface area contributed by atoms with Gasteiger partial charge in [-0.25, -0.2) is 17.9 Å². The Hall–Kier alpha value is -3.05. The first-order chi connectivity index (χ1) is 12.6. The Morgan fingerprint density at radius 3 is 2.52 bits per heavy atom. The molecule has 0 atom stereocenters. The van der Waals surface area contributed by atoms with Gasteiger partial charge in [0.15, 0.2) is 0 Å². The maximum Gasteiger partial charge on any atom is 0.270 e. The van der Waals surface area contributed by atoms with Crippen molar-refractivity contribution in [1.82, 2.24) is 5.32 Å². The molecule has 144 valence electrons. The summed E-state index contributed by atoms with van der Waals surface area (Å²) in [5, 5.41) is 21.2. The summed E-state index contributed by atoms with van der Waals surface area (Å²) in [4.78, 5) is 21.6. The number of anilines is 1. The molecule has 0 fully saturated rings. The molecule has 9 nitrogen and oxygen atoms in total. The van der Waals surface area contributed by atoms with E-state index >= 15 is 0 Å². The number of non-ortho nitro benzene ring substituents is 1. The Bertz CT molecular complexity index is 994. The molecule has 11 heteroatoms. The fourth-order valence-electron chi connectivity index (χ4n) is 2.22. The van der Waals surface area contributed by atoms with Gasteiger partial charge < -0.3 is 10.6 Å². The third kappa shape index (κ3) is 5.21. The first kappa shape index (κ1) is 20.3. The predicted molar refractivity (Wildman–Crippen MR) is 96.4 cm³/mol. The van der Waals surface area contributed by atoms with E-state index in [2.05, 4.69) is 10.6 Å². The van der Waals surface area contributed by atoms with E-state index in [0.717, 1.165) is 18.2 Å². The Morgan fingerprint density at radius 1 is 1.22 bits per heavy atom. The van der Waals surface area contributed by atoms with Crippen molar-refractivity contribution in [3.05, 3.63) is 63.5 Å². The van der Waals surface area contributed by atoms with Gasteiger partial charge in [-0.1, -0.05) is 6.07 Å². The van der Waals surface area contributed by atoms with Gasteiger partial charge in [-0.15, -0.1) is 0 Å². The van der Waals surface area contributed by atoms with Crippen molar-refractivity contribution < 1.29 is 22.5 Å². The summed E-state index contributed by atoms with van der Waals surface area (Å²) in [7, 11) is -4.19. The number of nitrogens with two attached hydrogens (primary N) is 1. The standard InChI is InChI=1S/C16H17FN4O5S/c1-10-2-3-11(8-13(10)17)16(22)20-7-6-19-14-5-4-12(21(23)24)9-15(14)27(18,25)26/h2-5,8-9,19H,6-7H2,1H3,(H,20,22)(H2,18,25,26). The van der Waals surface area contributed by atoms with E-state index in [0.29, 0.717) is 5.56 Å². The van der Waals surface area contributed by atoms with Crippen LogP contribution < -0.4 is 15.8 Å². The average molecular weight is 396 g/mol. The molecule has 0 bridgehead atoms. The number of benzene rings is 2. The van der Waals surface area contributed by atoms with E-state index in [1.165, 1.54) is 18.2 Å². The summed E-state index contributed by atoms with van der Waals surface area (Å²) in [6, 6.07) is 7.28. The highest BCUT2D eigenvalue weighted by atomic mass is 32.2. The van der Waals surface area contributed by atoms with Gasteiger partial charge in [0.1, 0.15) is 10.7 Å². The number of nitro groups is 1. The molecule has 0 aromatic heterocycles. The van der Waals surface area contributed by atoms with Crippen molar-refractivity contribution in [3.8, 4) is 0 Å². The summed E-state index contributed by atoms with van der Waals surface area (Å²) in [6.45, 7) is 1.78. The van der Waals surface area contributed by atoms with Gasteiger partial charge in [0.25, 0.3) is 11.6 Å². The zero-order valence-corrected chi connectivity index (χ0v) is 15.0. The fourth-order valence-corrected chi connectivity index (χ4v) is 2.95. The van der Waals surface area contributed by atoms with Crippen LogP contribution in [0.2, 0.25) is 0 Å². The molecule has 2 rings (SSSR count). The highest BCUT2D eigenvalue weighted by molar-refractivity contribution is 7.89. The number of halogens is 1. The van der Waals surface area contributed by atoms with Gasteiger partial charge in [0.2, 0.25) is 10.0 Å². The summed E-state index contributed by atoms with van der Waals surface area (Å²) >= 11 is 0. The van der Waals surface area contributed by atoms with Gasteiger partial charge in [-0.05, 0) is 30.7 Å². The molecule has 0 aliphatic carbocycles. The lowest BCUT2D eigenvalue weighted by Gasteiger charge is -2.11. The molecule has 4 N–H and O–H groups in total. The third-order valence-electron chi connectivity index (χ3n) is 3.64. The van der Waals surface area contributed by atoms with Crippen LogP contribution in [0.3, 0.4) is 0 Å². The fraction of sp³-hybridized carbons (Fsp3) is 0.188. The molecular weight excluding hydrogens is 379 g/mol. The van der Waals surface area contributed by atoms with Crippen LogP contribution in [0, 0.1) is 22.9 Å². The maximum absolute atomic E-state index is 13.5. The third-order valence-corrected chi connectivity index (χ3v) is 4.59. The van der Waals surface area contributed by atoms with Gasteiger partial charge in [-0.3, -0.25) is 14.9 Å². The second kappa shape index (κ2) is 8.10. The van der Waals surface area contributed by atoms with Crippen molar-refractivity contribution in [1.29, 1.82) is 0 Å². The molecule has 0 spiro atoms. The van der Waals surface area contributed by atoms with Crippen molar-refractivity contribution in [2.45, 2.75) is 11.8 Å². The topological polar surface area (TPSA) is 144 Å². The van der Waals surface area contributed by atoms with E-state index in [1.807, 2.05) is 0 Å². The highest BCUT2D eigenvalue weighted by Crippen LogP contribution is 2.25. The van der Waals surface area contributed by atoms with Crippen LogP contribution in [0.15, 0.2) is 41.3 Å². The van der Waals surface area contributed by atoms with Crippen LogP contribution in [0.5, 0.6) is 0 Å². The van der Waals surface area contributed by atoms with Crippen LogP contribution in [0.25, 0.3) is 0 Å². The maximum atomic E-state index is 13.5. The zero-order valence-electron chi connectivity index (χ0n) is 14.2. The predicted octanol–water partition coefficient (Wildman–Crippen LogP) is 1.53. The van der Waals surface area contributed by atoms with Gasteiger partial charge in [-0.2, -0.15) is 0 Å². The number of nitrogens with zero attached hydrogens (tertiary/aromatic N) is 1. The highest BCUT2D eigenvalue weighted by Gasteiger charge is 2.18. The molecule has 2 aromatic rings. The zero-order chi connectivity index (χ0) is 20.2. The Morgan fingerprint density at radius 2 is 1.93 bits per heavy atom. The van der Waals surface area contributed by atoms with E-state index in [9.17, 15) is 27.7 Å². The number of hydrogen-bond acceptors (Lipinski definition) is 6. The number of primary sulfonamides is 1. The van der Waals surface area contributed by atoms with Crippen LogP contribution in [0.1, 0.15) is 15.9 Å². The minimum absolute atomic E-state index is 0.0683. The largest absolute Gasteiger partial charge is 0.382 e. The molecule has 0 saturated heterocycles. The average Bonchev–Trinajstić information content (AvgIpc) is 2.59. The quantitative estimate of drug-likeness (QED) is 0.368. The monoisotopic (exact) mass is 396 g/mol. The molecule has 27 heavy (non-hydrogen) atoms. The summed E-state index contributed by atoms with van der Waals surface area (Å²) in [6.07, 6.45) is 0. The van der Waals surface area contributed by atoms with Crippen LogP contribution >= 0.6 is 0 Å². The number of amides is 1. The van der Waals surface area contributed by atoms with Crippen molar-refractivity contribution in [3.63, 3.8) is 0 Å². The minimum atomic E-state index is -4.19. The number of carbonyl (C=O) groups is 1. The SMILES string of the molecule is Cc1ccc(C(=O)NCCNc2ccc([N+](=O)[O-])cc2S(N)(=O)=O)cc1F. The molecule has 0 saturated carbocycles. The molecule has 0 radical (unpaired) electrons. The number of rotatable bonds is 7. The summed E-state index contributed by atoms with van der Waals surface area (Å²) < 4.78 is 36.7. The van der Waals surface area contributed by atoms with Crippen molar-refractivity contribution in [2.24, 2.45) is 5.14 Å². The van der Waals surface area contributed by atoms with Crippen molar-refractivity contribution >= 4 is 27.3 Å².